The number of likely N-dealkylation sites (N-methyl/N-ethyl adjacent to an activating group) is 1. The molecule has 0 aliphatic carbocycles. The third kappa shape index (κ3) is 4.51. The molecule has 15 heavy (non-hydrogen) atoms. The van der Waals surface area contributed by atoms with Gasteiger partial charge in [0.05, 0.1) is 17.0 Å². The topological polar surface area (TPSA) is 21.3 Å². The molecule has 1 N–H and O–H groups in total. The molecule has 2 nitrogen and oxygen atoms in total. The summed E-state index contributed by atoms with van der Waals surface area (Å²) in [7, 11) is 0. The van der Waals surface area contributed by atoms with Gasteiger partial charge in [-0.05, 0) is 25.1 Å². The van der Waals surface area contributed by atoms with Crippen LogP contribution in [0.15, 0.2) is 12.1 Å². The Labute approximate surface area is 101 Å². The minimum absolute atomic E-state index is 0.277. The molecular formula is C11H18ClNOS. The third-order valence-corrected chi connectivity index (χ3v) is 3.37. The minimum atomic E-state index is 0.277. The Morgan fingerprint density at radius 2 is 2.27 bits per heavy atom. The van der Waals surface area contributed by atoms with Crippen LogP contribution in [0.3, 0.4) is 0 Å². The van der Waals surface area contributed by atoms with Gasteiger partial charge in [-0.2, -0.15) is 0 Å². The van der Waals surface area contributed by atoms with Gasteiger partial charge in [-0.25, -0.2) is 0 Å². The van der Waals surface area contributed by atoms with Crippen molar-refractivity contribution >= 4 is 22.9 Å². The van der Waals surface area contributed by atoms with Crippen molar-refractivity contribution < 1.29 is 4.74 Å². The van der Waals surface area contributed by atoms with E-state index in [-0.39, 0.29) is 6.04 Å². The first kappa shape index (κ1) is 13.0. The van der Waals surface area contributed by atoms with Gasteiger partial charge < -0.3 is 10.1 Å². The summed E-state index contributed by atoms with van der Waals surface area (Å²) in [5.74, 6) is 0. The normalized spacial score (nSPS) is 13.0. The fraction of sp³-hybridized carbons (Fsp3) is 0.636. The largest absolute Gasteiger partial charge is 0.379 e. The van der Waals surface area contributed by atoms with Gasteiger partial charge in [0, 0.05) is 11.5 Å². The molecule has 0 saturated carbocycles. The molecule has 1 aromatic rings. The Balaban J connectivity index is 2.49. The Hall–Kier alpha value is -0.0900. The van der Waals surface area contributed by atoms with E-state index in [4.69, 9.17) is 16.3 Å². The van der Waals surface area contributed by atoms with Gasteiger partial charge in [-0.15, -0.1) is 11.3 Å². The molecule has 0 saturated heterocycles. The third-order valence-electron chi connectivity index (χ3n) is 2.02. The molecule has 0 aromatic carbocycles. The second-order valence-electron chi connectivity index (χ2n) is 3.33. The zero-order valence-corrected chi connectivity index (χ0v) is 10.8. The fourth-order valence-corrected chi connectivity index (χ4v) is 2.47. The highest BCUT2D eigenvalue weighted by Gasteiger charge is 2.12. The summed E-state index contributed by atoms with van der Waals surface area (Å²) in [5.41, 5.74) is 0. The number of nitrogens with one attached hydrogen (secondary N) is 1. The Morgan fingerprint density at radius 3 is 2.80 bits per heavy atom. The quantitative estimate of drug-likeness (QED) is 0.745. The number of hydrogen-bond donors (Lipinski definition) is 1. The number of rotatable bonds is 7. The maximum atomic E-state index is 5.92. The molecule has 4 heteroatoms. The number of hydrogen-bond acceptors (Lipinski definition) is 3. The first-order valence-corrected chi connectivity index (χ1v) is 6.53. The van der Waals surface area contributed by atoms with E-state index in [0.29, 0.717) is 0 Å². The SMILES string of the molecule is CCCOCC(NCC)c1ccc(Cl)s1. The molecule has 0 radical (unpaired) electrons. The lowest BCUT2D eigenvalue weighted by Crippen LogP contribution is -2.24. The van der Waals surface area contributed by atoms with E-state index < -0.39 is 0 Å². The van der Waals surface area contributed by atoms with Gasteiger partial charge in [0.1, 0.15) is 0 Å². The predicted octanol–water partition coefficient (Wildman–Crippen LogP) is 3.48. The molecular weight excluding hydrogens is 230 g/mol. The van der Waals surface area contributed by atoms with Crippen molar-refractivity contribution in [1.82, 2.24) is 5.32 Å². The first-order chi connectivity index (χ1) is 7.27. The zero-order valence-electron chi connectivity index (χ0n) is 9.25. The summed E-state index contributed by atoms with van der Waals surface area (Å²) < 4.78 is 6.40. The Morgan fingerprint density at radius 1 is 1.47 bits per heavy atom. The van der Waals surface area contributed by atoms with Crippen LogP contribution in [0.5, 0.6) is 0 Å². The highest BCUT2D eigenvalue weighted by atomic mass is 35.5. The molecule has 0 aliphatic rings. The molecule has 1 heterocycles. The van der Waals surface area contributed by atoms with Crippen LogP contribution in [-0.2, 0) is 4.74 Å². The van der Waals surface area contributed by atoms with Crippen LogP contribution in [0.1, 0.15) is 31.2 Å². The fourth-order valence-electron chi connectivity index (χ4n) is 1.35. The molecule has 0 amide bonds. The van der Waals surface area contributed by atoms with E-state index in [9.17, 15) is 0 Å². The van der Waals surface area contributed by atoms with Gasteiger partial charge in [0.15, 0.2) is 0 Å². The van der Waals surface area contributed by atoms with Gasteiger partial charge >= 0.3 is 0 Å². The summed E-state index contributed by atoms with van der Waals surface area (Å²) in [6.45, 7) is 6.70. The van der Waals surface area contributed by atoms with Gasteiger partial charge in [-0.1, -0.05) is 25.4 Å². The average molecular weight is 248 g/mol. The van der Waals surface area contributed by atoms with Crippen LogP contribution in [-0.4, -0.2) is 19.8 Å². The first-order valence-electron chi connectivity index (χ1n) is 5.34. The molecule has 86 valence electrons. The molecule has 1 rings (SSSR count). The Kier molecular flexibility index (Phi) is 6.25. The Bertz CT molecular complexity index is 277. The minimum Gasteiger partial charge on any atom is -0.379 e. The van der Waals surface area contributed by atoms with Gasteiger partial charge in [0.25, 0.3) is 0 Å². The zero-order chi connectivity index (χ0) is 11.1. The van der Waals surface area contributed by atoms with E-state index in [0.717, 1.165) is 30.5 Å². The van der Waals surface area contributed by atoms with E-state index in [2.05, 4.69) is 25.2 Å². The molecule has 0 fully saturated rings. The van der Waals surface area contributed by atoms with Crippen LogP contribution >= 0.6 is 22.9 Å². The lowest BCUT2D eigenvalue weighted by atomic mass is 10.2. The summed E-state index contributed by atoms with van der Waals surface area (Å²) >= 11 is 7.53. The maximum Gasteiger partial charge on any atom is 0.0931 e. The van der Waals surface area contributed by atoms with Crippen molar-refractivity contribution in [3.05, 3.63) is 21.3 Å². The van der Waals surface area contributed by atoms with Crippen LogP contribution in [0, 0.1) is 0 Å². The van der Waals surface area contributed by atoms with Crippen LogP contribution in [0.2, 0.25) is 4.34 Å². The van der Waals surface area contributed by atoms with Crippen molar-refractivity contribution in [2.45, 2.75) is 26.3 Å². The standard InChI is InChI=1S/C11H18ClNOS/c1-3-7-14-8-9(13-4-2)10-5-6-11(12)15-10/h5-6,9,13H,3-4,7-8H2,1-2H3. The maximum absolute atomic E-state index is 5.92. The van der Waals surface area contributed by atoms with Gasteiger partial charge in [-0.3, -0.25) is 0 Å². The van der Waals surface area contributed by atoms with Crippen LogP contribution in [0.25, 0.3) is 0 Å². The summed E-state index contributed by atoms with van der Waals surface area (Å²) in [6.07, 6.45) is 1.06. The number of ether oxygens (including phenoxy) is 1. The molecule has 0 aliphatic heterocycles. The lowest BCUT2D eigenvalue weighted by Gasteiger charge is -2.16. The second kappa shape index (κ2) is 7.23. The highest BCUT2D eigenvalue weighted by molar-refractivity contribution is 7.16. The molecule has 1 unspecified atom stereocenters. The predicted molar refractivity (Wildman–Crippen MR) is 66.9 cm³/mol. The smallest absolute Gasteiger partial charge is 0.0931 e. The summed E-state index contributed by atoms with van der Waals surface area (Å²) in [4.78, 5) is 1.25. The van der Waals surface area contributed by atoms with Crippen molar-refractivity contribution in [3.8, 4) is 0 Å². The molecule has 1 atom stereocenters. The summed E-state index contributed by atoms with van der Waals surface area (Å²) in [6, 6.07) is 4.28. The van der Waals surface area contributed by atoms with Crippen molar-refractivity contribution in [2.24, 2.45) is 0 Å². The molecule has 0 bridgehead atoms. The van der Waals surface area contributed by atoms with E-state index in [1.165, 1.54) is 4.88 Å². The number of halogens is 1. The van der Waals surface area contributed by atoms with Crippen LogP contribution < -0.4 is 5.32 Å². The summed E-state index contributed by atoms with van der Waals surface area (Å²) in [5, 5.41) is 3.40. The monoisotopic (exact) mass is 247 g/mol. The van der Waals surface area contributed by atoms with Gasteiger partial charge in [0.2, 0.25) is 0 Å². The average Bonchev–Trinajstić information content (AvgIpc) is 2.64. The molecule has 1 aromatic heterocycles. The lowest BCUT2D eigenvalue weighted by molar-refractivity contribution is 0.113. The van der Waals surface area contributed by atoms with Crippen molar-refractivity contribution in [1.29, 1.82) is 0 Å². The van der Waals surface area contributed by atoms with Crippen molar-refractivity contribution in [3.63, 3.8) is 0 Å². The second-order valence-corrected chi connectivity index (χ2v) is 5.07. The highest BCUT2D eigenvalue weighted by Crippen LogP contribution is 2.27. The molecule has 0 spiro atoms. The van der Waals surface area contributed by atoms with Crippen molar-refractivity contribution in [2.75, 3.05) is 19.8 Å². The van der Waals surface area contributed by atoms with E-state index >= 15 is 0 Å². The van der Waals surface area contributed by atoms with Crippen LogP contribution in [0.4, 0.5) is 0 Å². The van der Waals surface area contributed by atoms with E-state index in [1.54, 1.807) is 11.3 Å². The van der Waals surface area contributed by atoms with E-state index in [1.807, 2.05) is 6.07 Å². The number of thiophene rings is 1.